The van der Waals surface area contributed by atoms with E-state index in [-0.39, 0.29) is 29.8 Å². The van der Waals surface area contributed by atoms with Crippen molar-refractivity contribution in [3.05, 3.63) is 29.8 Å². The van der Waals surface area contributed by atoms with Gasteiger partial charge in [-0.1, -0.05) is 12.1 Å². The smallest absolute Gasteiger partial charge is 0.263 e. The average Bonchev–Trinajstić information content (AvgIpc) is 3.27. The van der Waals surface area contributed by atoms with Crippen LogP contribution in [0.4, 0.5) is 0 Å². The normalized spacial score (nSPS) is 25.2. The van der Waals surface area contributed by atoms with E-state index >= 15 is 0 Å². The Labute approximate surface area is 171 Å². The third-order valence-electron chi connectivity index (χ3n) is 5.44. The van der Waals surface area contributed by atoms with Crippen LogP contribution in [0, 0.1) is 0 Å². The summed E-state index contributed by atoms with van der Waals surface area (Å²) in [5, 5.41) is 3.35. The van der Waals surface area contributed by atoms with Crippen molar-refractivity contribution in [2.75, 3.05) is 45.8 Å². The maximum Gasteiger partial charge on any atom is 0.263 e. The summed E-state index contributed by atoms with van der Waals surface area (Å²) in [6.45, 7) is 5.96. The van der Waals surface area contributed by atoms with Crippen LogP contribution in [0.3, 0.4) is 0 Å². The summed E-state index contributed by atoms with van der Waals surface area (Å²) in [4.78, 5) is 21.5. The van der Waals surface area contributed by atoms with E-state index in [1.54, 1.807) is 24.3 Å². The van der Waals surface area contributed by atoms with E-state index in [9.17, 15) is 13.2 Å². The zero-order chi connectivity index (χ0) is 18.9. The number of benzene rings is 1. The molecule has 0 saturated carbocycles. The SMILES string of the molecule is Cl.O=C(CCN=C1NS(=O)(=O)c2ccccc21)N1CCC(N2CCNCC2)C1. The van der Waals surface area contributed by atoms with Gasteiger partial charge in [0.15, 0.2) is 0 Å². The zero-order valence-corrected chi connectivity index (χ0v) is 17.3. The fourth-order valence-corrected chi connectivity index (χ4v) is 5.24. The van der Waals surface area contributed by atoms with Gasteiger partial charge >= 0.3 is 0 Å². The molecular weight excluding hydrogens is 402 g/mol. The lowest BCUT2D eigenvalue weighted by Gasteiger charge is -2.32. The highest BCUT2D eigenvalue weighted by atomic mass is 35.5. The molecule has 8 nitrogen and oxygen atoms in total. The number of amides is 1. The van der Waals surface area contributed by atoms with Gasteiger partial charge in [-0.2, -0.15) is 0 Å². The molecule has 154 valence electrons. The molecule has 0 radical (unpaired) electrons. The van der Waals surface area contributed by atoms with E-state index in [0.717, 1.165) is 45.7 Å². The number of hydrogen-bond acceptors (Lipinski definition) is 6. The lowest BCUT2D eigenvalue weighted by molar-refractivity contribution is -0.130. The van der Waals surface area contributed by atoms with Gasteiger partial charge in [-0.15, -0.1) is 12.4 Å². The van der Waals surface area contributed by atoms with E-state index in [2.05, 4.69) is 19.9 Å². The van der Waals surface area contributed by atoms with E-state index in [1.807, 2.05) is 4.90 Å². The Balaban J connectivity index is 0.00000225. The molecular formula is C18H26ClN5O3S. The zero-order valence-electron chi connectivity index (χ0n) is 15.6. The molecule has 2 saturated heterocycles. The average molecular weight is 428 g/mol. The summed E-state index contributed by atoms with van der Waals surface area (Å²) in [5.41, 5.74) is 0.574. The number of nitrogens with one attached hydrogen (secondary N) is 2. The van der Waals surface area contributed by atoms with Crippen LogP contribution in [0.5, 0.6) is 0 Å². The van der Waals surface area contributed by atoms with Gasteiger partial charge in [-0.3, -0.25) is 19.4 Å². The second-order valence-electron chi connectivity index (χ2n) is 7.15. The minimum Gasteiger partial charge on any atom is -0.341 e. The van der Waals surface area contributed by atoms with Crippen LogP contribution < -0.4 is 10.0 Å². The summed E-state index contributed by atoms with van der Waals surface area (Å²) in [7, 11) is -3.53. The van der Waals surface area contributed by atoms with E-state index in [0.29, 0.717) is 23.9 Å². The molecule has 0 bridgehead atoms. The highest BCUT2D eigenvalue weighted by Gasteiger charge is 2.32. The number of hydrogen-bond donors (Lipinski definition) is 2. The monoisotopic (exact) mass is 427 g/mol. The number of halogens is 1. The first kappa shape index (κ1) is 21.0. The van der Waals surface area contributed by atoms with Gasteiger partial charge in [0, 0.05) is 57.3 Å². The molecule has 3 aliphatic heterocycles. The minimum absolute atomic E-state index is 0. The van der Waals surface area contributed by atoms with Crippen molar-refractivity contribution in [1.29, 1.82) is 0 Å². The van der Waals surface area contributed by atoms with E-state index < -0.39 is 10.0 Å². The molecule has 0 spiro atoms. The molecule has 1 aromatic rings. The van der Waals surface area contributed by atoms with Crippen molar-refractivity contribution in [3.8, 4) is 0 Å². The van der Waals surface area contributed by atoms with Crippen molar-refractivity contribution < 1.29 is 13.2 Å². The number of piperazine rings is 1. The molecule has 3 aliphatic rings. The first-order valence-corrected chi connectivity index (χ1v) is 10.9. The molecule has 2 N–H and O–H groups in total. The van der Waals surface area contributed by atoms with Crippen molar-refractivity contribution in [1.82, 2.24) is 19.8 Å². The maximum absolute atomic E-state index is 12.5. The Kier molecular flexibility index (Phi) is 6.59. The van der Waals surface area contributed by atoms with Crippen LogP contribution in [0.15, 0.2) is 34.2 Å². The standard InChI is InChI=1S/C18H25N5O3S.ClH/c24-17(23-10-6-14(13-23)22-11-8-19-9-12-22)5-7-20-18-15-3-1-2-4-16(15)27(25,26)21-18;/h1-4,14,19H,5-13H2,(H,20,21);1H. The Morgan fingerprint density at radius 2 is 1.93 bits per heavy atom. The number of carbonyl (C=O) groups excluding carboxylic acids is 1. The van der Waals surface area contributed by atoms with Gasteiger partial charge in [0.05, 0.1) is 11.4 Å². The number of nitrogens with zero attached hydrogens (tertiary/aromatic N) is 3. The molecule has 1 unspecified atom stereocenters. The number of carbonyl (C=O) groups is 1. The number of aliphatic imine (C=N–C) groups is 1. The second-order valence-corrected chi connectivity index (χ2v) is 8.80. The highest BCUT2D eigenvalue weighted by molar-refractivity contribution is 7.90. The molecule has 0 aliphatic carbocycles. The maximum atomic E-state index is 12.5. The molecule has 2 fully saturated rings. The second kappa shape index (κ2) is 8.77. The van der Waals surface area contributed by atoms with Crippen LogP contribution in [0.2, 0.25) is 0 Å². The molecule has 28 heavy (non-hydrogen) atoms. The Hall–Kier alpha value is -1.68. The topological polar surface area (TPSA) is 94.1 Å². The van der Waals surface area contributed by atoms with Crippen LogP contribution in [-0.2, 0) is 14.8 Å². The van der Waals surface area contributed by atoms with Crippen LogP contribution in [0.25, 0.3) is 0 Å². The quantitative estimate of drug-likeness (QED) is 0.707. The van der Waals surface area contributed by atoms with Gasteiger partial charge in [-0.05, 0) is 18.6 Å². The minimum atomic E-state index is -3.53. The van der Waals surface area contributed by atoms with Crippen molar-refractivity contribution in [3.63, 3.8) is 0 Å². The molecule has 0 aromatic heterocycles. The van der Waals surface area contributed by atoms with Gasteiger partial charge in [0.25, 0.3) is 10.0 Å². The number of likely N-dealkylation sites (tertiary alicyclic amines) is 1. The van der Waals surface area contributed by atoms with Gasteiger partial charge in [0.1, 0.15) is 5.84 Å². The van der Waals surface area contributed by atoms with E-state index in [1.165, 1.54) is 0 Å². The third-order valence-corrected chi connectivity index (χ3v) is 6.84. The Morgan fingerprint density at radius 3 is 2.71 bits per heavy atom. The number of rotatable bonds is 4. The van der Waals surface area contributed by atoms with E-state index in [4.69, 9.17) is 0 Å². The van der Waals surface area contributed by atoms with Crippen molar-refractivity contribution in [2.45, 2.75) is 23.8 Å². The summed E-state index contributed by atoms with van der Waals surface area (Å²) in [6, 6.07) is 7.21. The van der Waals surface area contributed by atoms with Gasteiger partial charge in [-0.25, -0.2) is 8.42 Å². The predicted octanol–water partition coefficient (Wildman–Crippen LogP) is 0.0431. The Morgan fingerprint density at radius 1 is 1.18 bits per heavy atom. The fourth-order valence-electron chi connectivity index (χ4n) is 3.99. The molecule has 1 aromatic carbocycles. The van der Waals surface area contributed by atoms with Crippen LogP contribution >= 0.6 is 12.4 Å². The number of amidine groups is 1. The van der Waals surface area contributed by atoms with Crippen LogP contribution in [0.1, 0.15) is 18.4 Å². The largest absolute Gasteiger partial charge is 0.341 e. The van der Waals surface area contributed by atoms with Gasteiger partial charge < -0.3 is 10.2 Å². The molecule has 3 heterocycles. The predicted molar refractivity (Wildman–Crippen MR) is 109 cm³/mol. The molecule has 1 atom stereocenters. The Bertz CT molecular complexity index is 855. The molecule has 1 amide bonds. The van der Waals surface area contributed by atoms with Crippen molar-refractivity contribution >= 4 is 34.2 Å². The molecule has 4 rings (SSSR count). The molecule has 10 heteroatoms. The fraction of sp³-hybridized carbons (Fsp3) is 0.556. The first-order chi connectivity index (χ1) is 13.0. The van der Waals surface area contributed by atoms with Gasteiger partial charge in [0.2, 0.25) is 5.91 Å². The number of sulfonamides is 1. The summed E-state index contributed by atoms with van der Waals surface area (Å²) in [5.74, 6) is 0.421. The lowest BCUT2D eigenvalue weighted by atomic mass is 10.2. The van der Waals surface area contributed by atoms with Crippen molar-refractivity contribution in [2.24, 2.45) is 4.99 Å². The van der Waals surface area contributed by atoms with Crippen LogP contribution in [-0.4, -0.2) is 81.8 Å². The first-order valence-electron chi connectivity index (χ1n) is 9.44. The lowest BCUT2D eigenvalue weighted by Crippen LogP contribution is -2.49. The summed E-state index contributed by atoms with van der Waals surface area (Å²) < 4.78 is 26.6. The highest BCUT2D eigenvalue weighted by Crippen LogP contribution is 2.22. The number of fused-ring (bicyclic) bond motifs is 1. The summed E-state index contributed by atoms with van der Waals surface area (Å²) >= 11 is 0. The summed E-state index contributed by atoms with van der Waals surface area (Å²) in [6.07, 6.45) is 1.31. The third kappa shape index (κ3) is 4.32.